The summed E-state index contributed by atoms with van der Waals surface area (Å²) in [6.07, 6.45) is 3.32. The summed E-state index contributed by atoms with van der Waals surface area (Å²) < 4.78 is 2.15. The summed E-state index contributed by atoms with van der Waals surface area (Å²) in [5.41, 5.74) is 4.06. The second-order valence-corrected chi connectivity index (χ2v) is 8.02. The zero-order valence-electron chi connectivity index (χ0n) is 15.3. The smallest absolute Gasteiger partial charge is 0.407 e. The number of imidazole rings is 1. The number of carboxylic acid groups (broad SMARTS) is 1. The fourth-order valence-corrected chi connectivity index (χ4v) is 4.74. The quantitative estimate of drug-likeness (QED) is 0.727. The van der Waals surface area contributed by atoms with Crippen LogP contribution in [0.5, 0.6) is 0 Å². The highest BCUT2D eigenvalue weighted by Crippen LogP contribution is 2.34. The van der Waals surface area contributed by atoms with Gasteiger partial charge in [-0.1, -0.05) is 29.8 Å². The van der Waals surface area contributed by atoms with Crippen LogP contribution in [-0.4, -0.2) is 55.6 Å². The minimum Gasteiger partial charge on any atom is -0.465 e. The number of aromatic nitrogens is 2. The summed E-state index contributed by atoms with van der Waals surface area (Å²) >= 11 is 6.07. The van der Waals surface area contributed by atoms with Crippen molar-refractivity contribution in [2.75, 3.05) is 13.1 Å². The van der Waals surface area contributed by atoms with Gasteiger partial charge >= 0.3 is 6.09 Å². The van der Waals surface area contributed by atoms with Gasteiger partial charge in [-0.25, -0.2) is 9.78 Å². The number of pyridine rings is 1. The van der Waals surface area contributed by atoms with Crippen molar-refractivity contribution in [2.45, 2.75) is 31.5 Å². The number of nitrogens with zero attached hydrogens (tertiary/aromatic N) is 4. The van der Waals surface area contributed by atoms with E-state index in [2.05, 4.69) is 9.30 Å². The van der Waals surface area contributed by atoms with Gasteiger partial charge in [0.05, 0.1) is 11.4 Å². The van der Waals surface area contributed by atoms with Crippen LogP contribution in [0.25, 0.3) is 16.9 Å². The van der Waals surface area contributed by atoms with Crippen LogP contribution >= 0.6 is 11.6 Å². The van der Waals surface area contributed by atoms with Crippen LogP contribution in [0.3, 0.4) is 0 Å². The summed E-state index contributed by atoms with van der Waals surface area (Å²) in [5, 5.41) is 10.1. The van der Waals surface area contributed by atoms with Gasteiger partial charge < -0.3 is 14.4 Å². The number of benzene rings is 1. The molecule has 1 amide bonds. The van der Waals surface area contributed by atoms with Crippen molar-refractivity contribution in [1.29, 1.82) is 0 Å². The molecule has 28 heavy (non-hydrogen) atoms. The number of likely N-dealkylation sites (tertiary alicyclic amines) is 1. The average molecular weight is 397 g/mol. The van der Waals surface area contributed by atoms with Crippen LogP contribution in [0, 0.1) is 0 Å². The molecule has 5 rings (SSSR count). The van der Waals surface area contributed by atoms with E-state index < -0.39 is 6.09 Å². The first-order valence-electron chi connectivity index (χ1n) is 9.55. The van der Waals surface area contributed by atoms with E-state index in [0.29, 0.717) is 18.1 Å². The zero-order valence-corrected chi connectivity index (χ0v) is 16.1. The van der Waals surface area contributed by atoms with Crippen molar-refractivity contribution < 1.29 is 9.90 Å². The Kier molecular flexibility index (Phi) is 4.25. The summed E-state index contributed by atoms with van der Waals surface area (Å²) in [7, 11) is 0. The monoisotopic (exact) mass is 396 g/mol. The Bertz CT molecular complexity index is 1020. The molecule has 0 aliphatic carbocycles. The fraction of sp³-hybridized carbons (Fsp3) is 0.333. The third-order valence-corrected chi connectivity index (χ3v) is 6.23. The third-order valence-electron chi connectivity index (χ3n) is 5.98. The number of amides is 1. The molecule has 0 spiro atoms. The Morgan fingerprint density at radius 1 is 1.11 bits per heavy atom. The Labute approximate surface area is 168 Å². The van der Waals surface area contributed by atoms with Gasteiger partial charge in [0, 0.05) is 48.5 Å². The molecule has 2 aromatic heterocycles. The van der Waals surface area contributed by atoms with Crippen LogP contribution < -0.4 is 0 Å². The summed E-state index contributed by atoms with van der Waals surface area (Å²) in [5.74, 6) is 0. The van der Waals surface area contributed by atoms with E-state index >= 15 is 0 Å². The number of hydrogen-bond acceptors (Lipinski definition) is 3. The number of halogens is 1. The first-order chi connectivity index (χ1) is 13.6. The van der Waals surface area contributed by atoms with Gasteiger partial charge in [-0.15, -0.1) is 0 Å². The van der Waals surface area contributed by atoms with Crippen molar-refractivity contribution >= 4 is 23.3 Å². The van der Waals surface area contributed by atoms with Gasteiger partial charge in [0.25, 0.3) is 0 Å². The maximum absolute atomic E-state index is 11.4. The van der Waals surface area contributed by atoms with E-state index in [4.69, 9.17) is 16.6 Å². The van der Waals surface area contributed by atoms with Crippen LogP contribution in [0.15, 0.2) is 48.7 Å². The van der Waals surface area contributed by atoms with E-state index in [9.17, 15) is 9.90 Å². The standard InChI is InChI=1S/C21H21ClN4O2/c22-15-6-4-14(5-7-15)20-18(25-10-2-1-3-19(25)23-20)13-26-16-8-9-17(26)12-24(11-16)21(27)28/h1-7,10,16-17H,8-9,11-13H2,(H,27,28). The number of fused-ring (bicyclic) bond motifs is 3. The molecular formula is C21H21ClN4O2. The zero-order chi connectivity index (χ0) is 19.3. The van der Waals surface area contributed by atoms with Gasteiger partial charge in [-0.2, -0.15) is 0 Å². The Morgan fingerprint density at radius 3 is 2.50 bits per heavy atom. The lowest BCUT2D eigenvalue weighted by molar-refractivity contribution is 0.0576. The number of carbonyl (C=O) groups is 1. The van der Waals surface area contributed by atoms with Crippen LogP contribution in [0.1, 0.15) is 18.5 Å². The fourth-order valence-electron chi connectivity index (χ4n) is 4.61. The molecule has 3 aromatic rings. The Hall–Kier alpha value is -2.57. The minimum atomic E-state index is -0.812. The molecule has 2 fully saturated rings. The summed E-state index contributed by atoms with van der Waals surface area (Å²) in [6.45, 7) is 1.92. The van der Waals surface area contributed by atoms with Gasteiger partial charge in [-0.05, 0) is 37.1 Å². The van der Waals surface area contributed by atoms with Crippen molar-refractivity contribution in [3.05, 3.63) is 59.4 Å². The lowest BCUT2D eigenvalue weighted by Crippen LogP contribution is -2.54. The highest BCUT2D eigenvalue weighted by molar-refractivity contribution is 6.30. The molecule has 4 heterocycles. The van der Waals surface area contributed by atoms with Crippen molar-refractivity contribution in [3.63, 3.8) is 0 Å². The molecular weight excluding hydrogens is 376 g/mol. The average Bonchev–Trinajstić information content (AvgIpc) is 3.16. The van der Waals surface area contributed by atoms with Crippen molar-refractivity contribution in [2.24, 2.45) is 0 Å². The van der Waals surface area contributed by atoms with E-state index in [-0.39, 0.29) is 12.1 Å². The molecule has 0 saturated carbocycles. The first kappa shape index (κ1) is 17.5. The van der Waals surface area contributed by atoms with Crippen LogP contribution in [0.4, 0.5) is 4.79 Å². The Morgan fingerprint density at radius 2 is 1.82 bits per heavy atom. The lowest BCUT2D eigenvalue weighted by atomic mass is 10.1. The second-order valence-electron chi connectivity index (χ2n) is 7.59. The second kappa shape index (κ2) is 6.79. The molecule has 1 aromatic carbocycles. The number of hydrogen-bond donors (Lipinski definition) is 1. The maximum atomic E-state index is 11.4. The summed E-state index contributed by atoms with van der Waals surface area (Å²) in [4.78, 5) is 20.3. The van der Waals surface area contributed by atoms with Crippen LogP contribution in [-0.2, 0) is 6.54 Å². The first-order valence-corrected chi connectivity index (χ1v) is 9.93. The molecule has 6 nitrogen and oxygen atoms in total. The predicted molar refractivity (Wildman–Crippen MR) is 108 cm³/mol. The van der Waals surface area contributed by atoms with Gasteiger partial charge in [0.2, 0.25) is 0 Å². The van der Waals surface area contributed by atoms with Gasteiger partial charge in [0.1, 0.15) is 5.65 Å². The molecule has 2 unspecified atom stereocenters. The number of piperazine rings is 1. The topological polar surface area (TPSA) is 61.1 Å². The van der Waals surface area contributed by atoms with Crippen molar-refractivity contribution in [1.82, 2.24) is 19.2 Å². The molecule has 0 radical (unpaired) electrons. The van der Waals surface area contributed by atoms with Crippen molar-refractivity contribution in [3.8, 4) is 11.3 Å². The molecule has 1 N–H and O–H groups in total. The van der Waals surface area contributed by atoms with Gasteiger partial charge in [-0.3, -0.25) is 4.90 Å². The van der Waals surface area contributed by atoms with E-state index in [1.54, 1.807) is 4.90 Å². The largest absolute Gasteiger partial charge is 0.465 e. The van der Waals surface area contributed by atoms with E-state index in [0.717, 1.165) is 42.0 Å². The highest BCUT2D eigenvalue weighted by Gasteiger charge is 2.41. The lowest BCUT2D eigenvalue weighted by Gasteiger charge is -2.39. The molecule has 2 atom stereocenters. The molecule has 2 aliphatic heterocycles. The highest BCUT2D eigenvalue weighted by atomic mass is 35.5. The third kappa shape index (κ3) is 2.93. The SMILES string of the molecule is O=C(O)N1CC2CCC(C1)N2Cc1c(-c2ccc(Cl)cc2)nc2ccccn12. The minimum absolute atomic E-state index is 0.266. The van der Waals surface area contributed by atoms with E-state index in [1.807, 2.05) is 48.7 Å². The maximum Gasteiger partial charge on any atom is 0.407 e. The van der Waals surface area contributed by atoms with Crippen LogP contribution in [0.2, 0.25) is 5.02 Å². The number of rotatable bonds is 3. The molecule has 2 bridgehead atoms. The predicted octanol–water partition coefficient (Wildman–Crippen LogP) is 3.98. The molecule has 2 saturated heterocycles. The molecule has 144 valence electrons. The van der Waals surface area contributed by atoms with Gasteiger partial charge in [0.15, 0.2) is 0 Å². The normalized spacial score (nSPS) is 22.1. The molecule has 2 aliphatic rings. The summed E-state index contributed by atoms with van der Waals surface area (Å²) in [6, 6.07) is 14.3. The Balaban J connectivity index is 1.53. The molecule has 7 heteroatoms. The van der Waals surface area contributed by atoms with E-state index in [1.165, 1.54) is 0 Å².